The summed E-state index contributed by atoms with van der Waals surface area (Å²) < 4.78 is 16.6. The summed E-state index contributed by atoms with van der Waals surface area (Å²) in [5, 5.41) is 5.78. The van der Waals surface area contributed by atoms with Gasteiger partial charge in [-0.2, -0.15) is 0 Å². The molecule has 0 fully saturated rings. The zero-order valence-corrected chi connectivity index (χ0v) is 43.7. The van der Waals surface area contributed by atoms with Gasteiger partial charge in [-0.25, -0.2) is 0 Å². The highest BCUT2D eigenvalue weighted by Gasteiger charge is 2.47. The minimum Gasteiger partial charge on any atom is -0.466 e. The van der Waals surface area contributed by atoms with Crippen LogP contribution in [0.3, 0.4) is 0 Å². The van der Waals surface area contributed by atoms with E-state index in [0.717, 1.165) is 78.2 Å². The van der Waals surface area contributed by atoms with E-state index in [9.17, 15) is 0 Å². The van der Waals surface area contributed by atoms with Gasteiger partial charge >= 0.3 is 6.85 Å². The van der Waals surface area contributed by atoms with Crippen molar-refractivity contribution < 1.29 is 8.83 Å². The second-order valence-electron chi connectivity index (χ2n) is 24.7. The van der Waals surface area contributed by atoms with E-state index in [4.69, 9.17) is 8.83 Å². The molecule has 13 rings (SSSR count). The molecular weight excluding hydrogens is 878 g/mol. The van der Waals surface area contributed by atoms with Gasteiger partial charge in [0.15, 0.2) is 0 Å². The third kappa shape index (κ3) is 6.67. The van der Waals surface area contributed by atoms with Gasteiger partial charge in [-0.1, -0.05) is 156 Å². The summed E-state index contributed by atoms with van der Waals surface area (Å²) in [5.74, 6) is 0. The Morgan fingerprint density at radius 2 is 0.986 bits per heavy atom. The summed E-state index contributed by atoms with van der Waals surface area (Å²) in [7, 11) is 0. The van der Waals surface area contributed by atoms with Gasteiger partial charge in [-0.05, 0) is 134 Å². The number of benzene rings is 8. The Balaban J connectivity index is 1.13. The first kappa shape index (κ1) is 44.5. The molecular formula is C66H62BN3O2. The van der Waals surface area contributed by atoms with Crippen molar-refractivity contribution in [3.63, 3.8) is 0 Å². The van der Waals surface area contributed by atoms with Crippen molar-refractivity contribution in [1.29, 1.82) is 0 Å². The van der Waals surface area contributed by atoms with E-state index in [-0.39, 0.29) is 28.5 Å². The van der Waals surface area contributed by atoms with Crippen molar-refractivity contribution in [2.75, 3.05) is 9.71 Å². The predicted molar refractivity (Wildman–Crippen MR) is 306 cm³/mol. The smallest absolute Gasteiger partial charge is 0.375 e. The molecule has 0 aliphatic carbocycles. The van der Waals surface area contributed by atoms with E-state index in [1.54, 1.807) is 0 Å². The molecule has 0 spiro atoms. The molecule has 2 aliphatic rings. The third-order valence-electron chi connectivity index (χ3n) is 15.8. The molecule has 2 aliphatic heterocycles. The average molecular weight is 940 g/mol. The van der Waals surface area contributed by atoms with E-state index < -0.39 is 0 Å². The number of anilines is 5. The minimum absolute atomic E-state index is 0.00141. The maximum Gasteiger partial charge on any atom is 0.375 e. The highest BCUT2D eigenvalue weighted by atomic mass is 16.3. The molecule has 0 bridgehead atoms. The number of para-hydroxylation sites is 1. The molecule has 8 aromatic carbocycles. The predicted octanol–water partition coefficient (Wildman–Crippen LogP) is 17.3. The van der Waals surface area contributed by atoms with Crippen LogP contribution in [0.15, 0.2) is 167 Å². The van der Waals surface area contributed by atoms with Gasteiger partial charge in [0.1, 0.15) is 22.4 Å². The van der Waals surface area contributed by atoms with Gasteiger partial charge in [0.2, 0.25) is 0 Å². The van der Waals surface area contributed by atoms with Gasteiger partial charge in [0, 0.05) is 67.0 Å². The zero-order chi connectivity index (χ0) is 50.0. The Morgan fingerprint density at radius 1 is 0.417 bits per heavy atom. The fraction of sp³-hybridized carbons (Fsp3) is 0.242. The summed E-state index contributed by atoms with van der Waals surface area (Å²) in [5.41, 5.74) is 21.4. The monoisotopic (exact) mass is 939 g/mol. The largest absolute Gasteiger partial charge is 0.466 e. The van der Waals surface area contributed by atoms with Gasteiger partial charge in [-0.15, -0.1) is 0 Å². The number of rotatable bonds is 4. The Kier molecular flexibility index (Phi) is 9.30. The Labute approximate surface area is 423 Å². The molecule has 5 heterocycles. The van der Waals surface area contributed by atoms with Crippen molar-refractivity contribution in [2.24, 2.45) is 0 Å². The molecule has 3 aromatic heterocycles. The van der Waals surface area contributed by atoms with E-state index in [0.29, 0.717) is 0 Å². The van der Waals surface area contributed by atoms with Crippen LogP contribution in [0.4, 0.5) is 28.4 Å². The van der Waals surface area contributed by atoms with Crippen LogP contribution in [-0.2, 0) is 21.7 Å². The number of aromatic nitrogens is 1. The van der Waals surface area contributed by atoms with Gasteiger partial charge < -0.3 is 23.1 Å². The maximum absolute atomic E-state index is 7.39. The summed E-state index contributed by atoms with van der Waals surface area (Å²) in [6.45, 7) is 27.2. The first-order valence-electron chi connectivity index (χ1n) is 25.8. The topological polar surface area (TPSA) is 37.7 Å². The molecule has 0 saturated heterocycles. The summed E-state index contributed by atoms with van der Waals surface area (Å²) in [6, 6.07) is 59.4. The Morgan fingerprint density at radius 3 is 1.61 bits per heavy atom. The first-order valence-corrected chi connectivity index (χ1v) is 25.8. The maximum atomic E-state index is 7.39. The molecule has 356 valence electrons. The van der Waals surface area contributed by atoms with Crippen molar-refractivity contribution in [3.05, 3.63) is 180 Å². The highest BCUT2D eigenvalue weighted by Crippen LogP contribution is 2.50. The van der Waals surface area contributed by atoms with E-state index in [1.165, 1.54) is 55.1 Å². The normalized spacial score (nSPS) is 13.8. The Hall–Kier alpha value is -7.44. The lowest BCUT2D eigenvalue weighted by molar-refractivity contribution is 0.590. The second-order valence-corrected chi connectivity index (χ2v) is 24.7. The van der Waals surface area contributed by atoms with Crippen LogP contribution < -0.4 is 20.8 Å². The number of nitrogens with zero attached hydrogens (tertiary/aromatic N) is 3. The molecule has 72 heavy (non-hydrogen) atoms. The average Bonchev–Trinajstić information content (AvgIpc) is 4.01. The summed E-state index contributed by atoms with van der Waals surface area (Å²) in [6.07, 6.45) is 0. The molecule has 0 N–H and O–H groups in total. The van der Waals surface area contributed by atoms with Gasteiger partial charge in [0.05, 0.1) is 16.7 Å². The van der Waals surface area contributed by atoms with Crippen LogP contribution in [0.1, 0.15) is 105 Å². The minimum atomic E-state index is -0.269. The van der Waals surface area contributed by atoms with Crippen LogP contribution in [0.25, 0.3) is 71.5 Å². The van der Waals surface area contributed by atoms with Gasteiger partial charge in [0.25, 0.3) is 0 Å². The van der Waals surface area contributed by atoms with Crippen molar-refractivity contribution in [3.8, 4) is 16.8 Å². The SMILES string of the molecule is CC(C)(C)c1ccc(N2B3c4oc5ccc(C(C)(C)C)cc5c4-n4c5cc6oc7ccccc7c6cc5c5ccc(c3c54)-c3cc(N(c4ccc(C(C)(C)C)cc4)c4ccc(C(C)(C)C)cc4)ccc32)cc1. The fourth-order valence-electron chi connectivity index (χ4n) is 11.8. The molecule has 0 unspecified atom stereocenters. The first-order chi connectivity index (χ1) is 34.2. The number of hydrogen-bond acceptors (Lipinski definition) is 4. The highest BCUT2D eigenvalue weighted by molar-refractivity contribution is 6.93. The standard InChI is InChI=1S/C66H62BN3O2/c1-63(2,3)39-17-24-43(25-18-39)68(44-26-19-40(20-27-44)64(4,5)6)46-30-33-54-50(36-46)48-31-32-49-51-37-52-47-15-13-14-16-56(47)71-58(52)38-55(51)69-60(49)59(48)67(70(54)45-28-21-41(22-29-45)65(7,8)9)62-61(69)53-35-42(66(10,11)12)23-34-57(53)72-62/h13-38H,1-12H3. The quantitative estimate of drug-likeness (QED) is 0.165. The van der Waals surface area contributed by atoms with Crippen LogP contribution in [0.2, 0.25) is 0 Å². The van der Waals surface area contributed by atoms with E-state index >= 15 is 0 Å². The van der Waals surface area contributed by atoms with Crippen LogP contribution in [0.5, 0.6) is 0 Å². The van der Waals surface area contributed by atoms with Crippen LogP contribution >= 0.6 is 0 Å². The number of fused-ring (bicyclic) bond motifs is 13. The fourth-order valence-corrected chi connectivity index (χ4v) is 11.8. The third-order valence-corrected chi connectivity index (χ3v) is 15.8. The summed E-state index contributed by atoms with van der Waals surface area (Å²) in [4.78, 5) is 5.00. The molecule has 0 radical (unpaired) electrons. The molecule has 0 saturated carbocycles. The number of hydrogen-bond donors (Lipinski definition) is 0. The second kappa shape index (κ2) is 15.1. The van der Waals surface area contributed by atoms with Crippen LogP contribution in [0, 0.1) is 0 Å². The molecule has 0 amide bonds. The lowest BCUT2D eigenvalue weighted by Crippen LogP contribution is -2.60. The molecule has 6 heteroatoms. The molecule has 11 aromatic rings. The zero-order valence-electron chi connectivity index (χ0n) is 43.7. The van der Waals surface area contributed by atoms with Gasteiger partial charge in [-0.3, -0.25) is 0 Å². The van der Waals surface area contributed by atoms with E-state index in [2.05, 4.69) is 255 Å². The van der Waals surface area contributed by atoms with Crippen molar-refractivity contribution >= 4 is 101 Å². The van der Waals surface area contributed by atoms with Crippen molar-refractivity contribution in [2.45, 2.75) is 105 Å². The lowest BCUT2D eigenvalue weighted by Gasteiger charge is -2.41. The number of furan rings is 2. The van der Waals surface area contributed by atoms with Crippen molar-refractivity contribution in [1.82, 2.24) is 4.57 Å². The molecule has 0 atom stereocenters. The Bertz CT molecular complexity index is 3950. The molecule has 5 nitrogen and oxygen atoms in total. The van der Waals surface area contributed by atoms with Crippen LogP contribution in [-0.4, -0.2) is 11.4 Å². The van der Waals surface area contributed by atoms with E-state index in [1.807, 2.05) is 0 Å². The summed E-state index contributed by atoms with van der Waals surface area (Å²) >= 11 is 0. The lowest BCUT2D eigenvalue weighted by atomic mass is 9.46.